The predicted molar refractivity (Wildman–Crippen MR) is 117 cm³/mol. The number of nitrogens with one attached hydrogen (secondary N) is 2. The van der Waals surface area contributed by atoms with Crippen LogP contribution in [0.15, 0.2) is 68.4 Å². The molecule has 2 aromatic carbocycles. The van der Waals surface area contributed by atoms with Crippen LogP contribution in [0.5, 0.6) is 0 Å². The Kier molecular flexibility index (Phi) is 7.99. The minimum Gasteiger partial charge on any atom is -0.359 e. The molecule has 0 aliphatic carbocycles. The van der Waals surface area contributed by atoms with Crippen LogP contribution in [0.2, 0.25) is 0 Å². The fourth-order valence-electron chi connectivity index (χ4n) is 2.70. The van der Waals surface area contributed by atoms with Crippen molar-refractivity contribution in [1.82, 2.24) is 0 Å². The van der Waals surface area contributed by atoms with Crippen molar-refractivity contribution in [3.05, 3.63) is 90.7 Å². The van der Waals surface area contributed by atoms with Crippen molar-refractivity contribution in [2.75, 3.05) is 10.6 Å². The summed E-state index contributed by atoms with van der Waals surface area (Å²) in [5.74, 6) is 0. The van der Waals surface area contributed by atoms with Gasteiger partial charge in [-0.1, -0.05) is 31.4 Å². The van der Waals surface area contributed by atoms with E-state index in [0.29, 0.717) is 0 Å². The van der Waals surface area contributed by atoms with Gasteiger partial charge in [-0.3, -0.25) is 0 Å². The Bertz CT molecular complexity index is 812. The summed E-state index contributed by atoms with van der Waals surface area (Å²) in [5.41, 5.74) is 9.23. The summed E-state index contributed by atoms with van der Waals surface area (Å²) in [5, 5.41) is 6.77. The van der Waals surface area contributed by atoms with Crippen molar-refractivity contribution in [1.29, 1.82) is 0 Å². The maximum absolute atomic E-state index is 4.17. The molecule has 0 saturated heterocycles. The van der Waals surface area contributed by atoms with Crippen LogP contribution in [0.4, 0.5) is 11.4 Å². The summed E-state index contributed by atoms with van der Waals surface area (Å²) in [6.45, 7) is 18.4. The molecule has 0 fully saturated rings. The summed E-state index contributed by atoms with van der Waals surface area (Å²) in [7, 11) is 0. The quantitative estimate of drug-likeness (QED) is 0.503. The summed E-state index contributed by atoms with van der Waals surface area (Å²) in [6.07, 6.45) is 10.1. The van der Waals surface area contributed by atoms with Gasteiger partial charge in [-0.15, -0.1) is 26.0 Å². The Hall–Kier alpha value is -3.18. The maximum atomic E-state index is 4.17. The number of hydrogen-bond donors (Lipinski definition) is 2. The van der Waals surface area contributed by atoms with E-state index < -0.39 is 0 Å². The summed E-state index contributed by atoms with van der Waals surface area (Å²) in [6, 6.07) is 12.8. The SMILES string of the molecule is C#C.C=C.C=C1CCc2ccc(NC(=C)c3ccc(C)c(C)c3)cc2N1. The van der Waals surface area contributed by atoms with Crippen LogP contribution in [0.3, 0.4) is 0 Å². The van der Waals surface area contributed by atoms with Crippen LogP contribution in [0, 0.1) is 26.7 Å². The first-order valence-corrected chi connectivity index (χ1v) is 8.47. The number of allylic oxidation sites excluding steroid dienone is 1. The molecule has 0 saturated carbocycles. The van der Waals surface area contributed by atoms with Crippen LogP contribution in [-0.4, -0.2) is 0 Å². The molecule has 0 unspecified atom stereocenters. The Labute approximate surface area is 158 Å². The van der Waals surface area contributed by atoms with Crippen molar-refractivity contribution in [3.63, 3.8) is 0 Å². The number of fused-ring (bicyclic) bond motifs is 1. The van der Waals surface area contributed by atoms with Crippen LogP contribution in [-0.2, 0) is 6.42 Å². The highest BCUT2D eigenvalue weighted by Crippen LogP contribution is 2.30. The number of aryl methyl sites for hydroxylation is 3. The van der Waals surface area contributed by atoms with Crippen LogP contribution < -0.4 is 10.6 Å². The fourth-order valence-corrected chi connectivity index (χ4v) is 2.70. The molecule has 2 aromatic rings. The van der Waals surface area contributed by atoms with Gasteiger partial charge in [0.25, 0.3) is 0 Å². The topological polar surface area (TPSA) is 24.1 Å². The first-order chi connectivity index (χ1) is 12.5. The second-order valence-corrected chi connectivity index (χ2v) is 6.00. The van der Waals surface area contributed by atoms with E-state index in [-0.39, 0.29) is 0 Å². The highest BCUT2D eigenvalue weighted by molar-refractivity contribution is 5.78. The van der Waals surface area contributed by atoms with E-state index in [1.807, 2.05) is 0 Å². The zero-order chi connectivity index (χ0) is 19.7. The molecule has 1 aliphatic rings. The van der Waals surface area contributed by atoms with Gasteiger partial charge < -0.3 is 10.6 Å². The molecule has 0 bridgehead atoms. The van der Waals surface area contributed by atoms with Crippen molar-refractivity contribution >= 4 is 17.1 Å². The third-order valence-electron chi connectivity index (χ3n) is 4.27. The molecule has 0 radical (unpaired) electrons. The summed E-state index contributed by atoms with van der Waals surface area (Å²) >= 11 is 0. The van der Waals surface area contributed by atoms with Crippen molar-refractivity contribution < 1.29 is 0 Å². The van der Waals surface area contributed by atoms with Gasteiger partial charge in [-0.05, 0) is 67.1 Å². The Balaban J connectivity index is 0.000000791. The first kappa shape index (κ1) is 20.9. The molecule has 2 heteroatoms. The number of terminal acetylenes is 1. The van der Waals surface area contributed by atoms with Gasteiger partial charge in [-0.25, -0.2) is 0 Å². The van der Waals surface area contributed by atoms with Gasteiger partial charge in [0, 0.05) is 22.8 Å². The third kappa shape index (κ3) is 5.16. The Morgan fingerprint density at radius 3 is 2.35 bits per heavy atom. The van der Waals surface area contributed by atoms with E-state index in [9.17, 15) is 0 Å². The zero-order valence-electron chi connectivity index (χ0n) is 15.9. The van der Waals surface area contributed by atoms with E-state index in [0.717, 1.165) is 41.2 Å². The highest BCUT2D eigenvalue weighted by Gasteiger charge is 2.11. The van der Waals surface area contributed by atoms with Crippen LogP contribution in [0.25, 0.3) is 5.70 Å². The fraction of sp³-hybridized carbons (Fsp3) is 0.167. The second kappa shape index (κ2) is 9.96. The summed E-state index contributed by atoms with van der Waals surface area (Å²) < 4.78 is 0. The number of hydrogen-bond acceptors (Lipinski definition) is 2. The van der Waals surface area contributed by atoms with E-state index in [2.05, 4.69) is 100 Å². The molecule has 0 aromatic heterocycles. The monoisotopic (exact) mass is 344 g/mol. The Morgan fingerprint density at radius 2 is 1.69 bits per heavy atom. The van der Waals surface area contributed by atoms with Crippen LogP contribution in [0.1, 0.15) is 28.7 Å². The average Bonchev–Trinajstić information content (AvgIpc) is 2.67. The molecular weight excluding hydrogens is 316 g/mol. The zero-order valence-corrected chi connectivity index (χ0v) is 15.9. The van der Waals surface area contributed by atoms with Gasteiger partial charge in [0.15, 0.2) is 0 Å². The molecule has 3 rings (SSSR count). The smallest absolute Gasteiger partial charge is 0.0435 e. The lowest BCUT2D eigenvalue weighted by molar-refractivity contribution is 0.919. The van der Waals surface area contributed by atoms with Gasteiger partial charge in [0.1, 0.15) is 0 Å². The molecule has 2 nitrogen and oxygen atoms in total. The maximum Gasteiger partial charge on any atom is 0.0435 e. The van der Waals surface area contributed by atoms with Gasteiger partial charge in [0.05, 0.1) is 0 Å². The molecule has 134 valence electrons. The second-order valence-electron chi connectivity index (χ2n) is 6.00. The number of rotatable bonds is 3. The molecular formula is C24H28N2. The predicted octanol–water partition coefficient (Wildman–Crippen LogP) is 6.31. The molecule has 26 heavy (non-hydrogen) atoms. The lowest BCUT2D eigenvalue weighted by Gasteiger charge is -2.21. The molecule has 0 amide bonds. The minimum absolute atomic E-state index is 0.915. The van der Waals surface area contributed by atoms with Gasteiger partial charge in [0.2, 0.25) is 0 Å². The lowest BCUT2D eigenvalue weighted by Crippen LogP contribution is -2.09. The third-order valence-corrected chi connectivity index (χ3v) is 4.27. The number of benzene rings is 2. The van der Waals surface area contributed by atoms with Crippen molar-refractivity contribution in [2.24, 2.45) is 0 Å². The highest BCUT2D eigenvalue weighted by atomic mass is 14.9. The standard InChI is InChI=1S/C20H22N2.C2H4.C2H2/c1-13-5-7-18(11-14(13)2)16(4)22-19-10-9-17-8-6-15(3)21-20(17)12-19;2*1-2/h5,7,9-12,21-22H,3-4,6,8H2,1-2H3;1-2H2;1-2H. The van der Waals surface area contributed by atoms with E-state index >= 15 is 0 Å². The summed E-state index contributed by atoms with van der Waals surface area (Å²) in [4.78, 5) is 0. The van der Waals surface area contributed by atoms with Gasteiger partial charge in [-0.2, -0.15) is 0 Å². The molecule has 1 heterocycles. The minimum atomic E-state index is 0.915. The van der Waals surface area contributed by atoms with Gasteiger partial charge >= 0.3 is 0 Å². The molecule has 0 atom stereocenters. The number of anilines is 2. The van der Waals surface area contributed by atoms with E-state index in [1.54, 1.807) is 0 Å². The molecule has 0 spiro atoms. The van der Waals surface area contributed by atoms with Crippen molar-refractivity contribution in [3.8, 4) is 12.8 Å². The molecule has 1 aliphatic heterocycles. The average molecular weight is 345 g/mol. The normalized spacial score (nSPS) is 11.5. The van der Waals surface area contributed by atoms with Crippen molar-refractivity contribution in [2.45, 2.75) is 26.7 Å². The van der Waals surface area contributed by atoms with E-state index in [1.165, 1.54) is 16.7 Å². The Morgan fingerprint density at radius 1 is 1.00 bits per heavy atom. The van der Waals surface area contributed by atoms with E-state index in [4.69, 9.17) is 0 Å². The first-order valence-electron chi connectivity index (χ1n) is 8.47. The molecule has 2 N–H and O–H groups in total. The largest absolute Gasteiger partial charge is 0.359 e. The lowest BCUT2D eigenvalue weighted by atomic mass is 10.0. The van der Waals surface area contributed by atoms with Crippen LogP contribution >= 0.6 is 0 Å².